The maximum Gasteiger partial charge on any atom is 0.328 e. The summed E-state index contributed by atoms with van der Waals surface area (Å²) >= 11 is 0. The number of piperazine rings is 1. The van der Waals surface area contributed by atoms with E-state index in [4.69, 9.17) is 4.74 Å². The Morgan fingerprint density at radius 3 is 2.26 bits per heavy atom. The van der Waals surface area contributed by atoms with Gasteiger partial charge in [-0.05, 0) is 31.3 Å². The van der Waals surface area contributed by atoms with Crippen LogP contribution in [0.3, 0.4) is 0 Å². The van der Waals surface area contributed by atoms with E-state index in [-0.39, 0.29) is 24.8 Å². The molecule has 0 aromatic heterocycles. The number of anilines is 1. The molecule has 0 spiro atoms. The summed E-state index contributed by atoms with van der Waals surface area (Å²) in [6, 6.07) is 6.50. The van der Waals surface area contributed by atoms with Crippen LogP contribution < -0.4 is 15.0 Å². The van der Waals surface area contributed by atoms with Crippen LogP contribution >= 0.6 is 0 Å². The van der Waals surface area contributed by atoms with Crippen molar-refractivity contribution in [2.75, 3.05) is 51.3 Å². The highest BCUT2D eigenvalue weighted by Gasteiger charge is 2.24. The van der Waals surface area contributed by atoms with Gasteiger partial charge < -0.3 is 14.5 Å². The Kier molecular flexibility index (Phi) is 7.60. The van der Waals surface area contributed by atoms with E-state index < -0.39 is 6.03 Å². The maximum atomic E-state index is 12.2. The molecule has 8 nitrogen and oxygen atoms in total. The number of hydrogen-bond donors (Lipinski definition) is 1. The van der Waals surface area contributed by atoms with Gasteiger partial charge in [-0.15, -0.1) is 0 Å². The second-order valence-electron chi connectivity index (χ2n) is 6.22. The molecule has 0 saturated carbocycles. The first-order valence-corrected chi connectivity index (χ1v) is 9.33. The molecule has 148 valence electrons. The highest BCUT2D eigenvalue weighted by molar-refractivity contribution is 6.05. The summed E-state index contributed by atoms with van der Waals surface area (Å²) in [5, 5.41) is 2.29. The zero-order chi connectivity index (χ0) is 19.8. The third-order valence-electron chi connectivity index (χ3n) is 4.42. The number of hydrogen-bond acceptors (Lipinski definition) is 5. The van der Waals surface area contributed by atoms with Gasteiger partial charge in [0.05, 0.1) is 0 Å². The minimum atomic E-state index is -0.421. The number of nitrogens with zero attached hydrogens (tertiary/aromatic N) is 3. The lowest BCUT2D eigenvalue weighted by Crippen LogP contribution is -2.49. The fourth-order valence-electron chi connectivity index (χ4n) is 2.83. The van der Waals surface area contributed by atoms with Crippen LogP contribution in [0.2, 0.25) is 0 Å². The van der Waals surface area contributed by atoms with Gasteiger partial charge in [0, 0.05) is 44.8 Å². The minimum Gasteiger partial charge on any atom is -0.484 e. The summed E-state index contributed by atoms with van der Waals surface area (Å²) in [7, 11) is 2.04. The molecule has 8 heteroatoms. The quantitative estimate of drug-likeness (QED) is 0.857. The van der Waals surface area contributed by atoms with E-state index in [1.807, 2.05) is 25.8 Å². The molecule has 2 heterocycles. The standard InChI is InChI=1S/C17H22N4O4.C2H6/c1-19-8-10-20(11-9-19)16(23)12-25-14-4-2-13(3-5-14)21-7-6-15(22)18-17(21)24;1-2/h2-5H,6-12H2,1H3,(H,18,22,24);1-2H3. The summed E-state index contributed by atoms with van der Waals surface area (Å²) in [5.74, 6) is 0.287. The van der Waals surface area contributed by atoms with Crippen molar-refractivity contribution in [3.8, 4) is 5.75 Å². The Bertz CT molecular complexity index is 654. The Labute approximate surface area is 160 Å². The van der Waals surface area contributed by atoms with Crippen LogP contribution in [0.5, 0.6) is 5.75 Å². The van der Waals surface area contributed by atoms with Gasteiger partial charge in [0.15, 0.2) is 6.61 Å². The fraction of sp³-hybridized carbons (Fsp3) is 0.526. The number of rotatable bonds is 4. The van der Waals surface area contributed by atoms with E-state index in [9.17, 15) is 14.4 Å². The predicted octanol–water partition coefficient (Wildman–Crippen LogP) is 1.31. The Hall–Kier alpha value is -2.61. The molecule has 1 aromatic carbocycles. The van der Waals surface area contributed by atoms with E-state index in [1.165, 1.54) is 4.90 Å². The van der Waals surface area contributed by atoms with Gasteiger partial charge in [-0.3, -0.25) is 19.8 Å². The van der Waals surface area contributed by atoms with Crippen LogP contribution in [0.25, 0.3) is 0 Å². The highest BCUT2D eigenvalue weighted by Crippen LogP contribution is 2.21. The highest BCUT2D eigenvalue weighted by atomic mass is 16.5. The zero-order valence-corrected chi connectivity index (χ0v) is 16.2. The van der Waals surface area contributed by atoms with Gasteiger partial charge >= 0.3 is 6.03 Å². The van der Waals surface area contributed by atoms with E-state index >= 15 is 0 Å². The van der Waals surface area contributed by atoms with Gasteiger partial charge in [-0.25, -0.2) is 4.79 Å². The molecule has 1 N–H and O–H groups in total. The molecule has 2 fully saturated rings. The van der Waals surface area contributed by atoms with Gasteiger partial charge in [0.2, 0.25) is 5.91 Å². The third kappa shape index (κ3) is 5.68. The Morgan fingerprint density at radius 1 is 1.04 bits per heavy atom. The molecule has 0 aliphatic carbocycles. The molecule has 0 radical (unpaired) electrons. The fourth-order valence-corrected chi connectivity index (χ4v) is 2.83. The van der Waals surface area contributed by atoms with Crippen LogP contribution in [0.1, 0.15) is 20.3 Å². The van der Waals surface area contributed by atoms with Crippen molar-refractivity contribution in [2.24, 2.45) is 0 Å². The van der Waals surface area contributed by atoms with Crippen molar-refractivity contribution < 1.29 is 19.1 Å². The number of carbonyl (C=O) groups is 3. The van der Waals surface area contributed by atoms with Crippen molar-refractivity contribution in [1.29, 1.82) is 0 Å². The van der Waals surface area contributed by atoms with Gasteiger partial charge in [0.25, 0.3) is 5.91 Å². The molecule has 4 amide bonds. The van der Waals surface area contributed by atoms with Crippen LogP contribution in [-0.4, -0.2) is 74.0 Å². The number of nitrogens with one attached hydrogen (secondary N) is 1. The molecule has 0 unspecified atom stereocenters. The number of urea groups is 1. The summed E-state index contributed by atoms with van der Waals surface area (Å²) < 4.78 is 5.56. The molecule has 27 heavy (non-hydrogen) atoms. The summed E-state index contributed by atoms with van der Waals surface area (Å²) in [4.78, 5) is 40.7. The summed E-state index contributed by atoms with van der Waals surface area (Å²) in [5.41, 5.74) is 0.683. The molecular formula is C19H28N4O4. The smallest absolute Gasteiger partial charge is 0.328 e. The molecular weight excluding hydrogens is 348 g/mol. The van der Waals surface area contributed by atoms with Crippen molar-refractivity contribution >= 4 is 23.5 Å². The average Bonchev–Trinajstić information content (AvgIpc) is 2.69. The zero-order valence-electron chi connectivity index (χ0n) is 16.2. The van der Waals surface area contributed by atoms with Gasteiger partial charge in [0.1, 0.15) is 5.75 Å². The van der Waals surface area contributed by atoms with Crippen molar-refractivity contribution in [3.05, 3.63) is 24.3 Å². The van der Waals surface area contributed by atoms with Crippen molar-refractivity contribution in [2.45, 2.75) is 20.3 Å². The third-order valence-corrected chi connectivity index (χ3v) is 4.42. The number of carbonyl (C=O) groups excluding carboxylic acids is 3. The summed E-state index contributed by atoms with van der Waals surface area (Å²) in [6.07, 6.45) is 0.281. The van der Waals surface area contributed by atoms with Crippen molar-refractivity contribution in [1.82, 2.24) is 15.1 Å². The number of benzene rings is 1. The lowest BCUT2D eigenvalue weighted by atomic mass is 10.2. The maximum absolute atomic E-state index is 12.2. The first kappa shape index (κ1) is 20.7. The van der Waals surface area contributed by atoms with Crippen LogP contribution in [0.4, 0.5) is 10.5 Å². The number of ether oxygens (including phenoxy) is 1. The van der Waals surface area contributed by atoms with E-state index in [0.29, 0.717) is 18.0 Å². The lowest BCUT2D eigenvalue weighted by molar-refractivity contribution is -0.134. The molecule has 2 aliphatic rings. The lowest BCUT2D eigenvalue weighted by Gasteiger charge is -2.32. The molecule has 1 aromatic rings. The van der Waals surface area contributed by atoms with E-state index in [2.05, 4.69) is 10.2 Å². The first-order valence-electron chi connectivity index (χ1n) is 9.33. The molecule has 0 bridgehead atoms. The SMILES string of the molecule is CC.CN1CCN(C(=O)COc2ccc(N3CCC(=O)NC3=O)cc2)CC1. The second kappa shape index (κ2) is 9.91. The van der Waals surface area contributed by atoms with E-state index in [1.54, 1.807) is 24.3 Å². The number of imide groups is 1. The molecule has 3 rings (SSSR count). The predicted molar refractivity (Wildman–Crippen MR) is 103 cm³/mol. The molecule has 0 atom stereocenters. The minimum absolute atomic E-state index is 0.00175. The molecule has 2 saturated heterocycles. The normalized spacial score (nSPS) is 17.7. The van der Waals surface area contributed by atoms with Crippen LogP contribution in [-0.2, 0) is 9.59 Å². The average molecular weight is 376 g/mol. The van der Waals surface area contributed by atoms with Crippen LogP contribution in [0.15, 0.2) is 24.3 Å². The number of amides is 4. The first-order chi connectivity index (χ1) is 13.0. The molecule has 2 aliphatic heterocycles. The Balaban J connectivity index is 0.00000126. The summed E-state index contributed by atoms with van der Waals surface area (Å²) in [6.45, 7) is 7.55. The van der Waals surface area contributed by atoms with Crippen LogP contribution in [0, 0.1) is 0 Å². The Morgan fingerprint density at radius 2 is 1.67 bits per heavy atom. The van der Waals surface area contributed by atoms with E-state index in [0.717, 1.165) is 26.2 Å². The topological polar surface area (TPSA) is 82.2 Å². The largest absolute Gasteiger partial charge is 0.484 e. The van der Waals surface area contributed by atoms with Gasteiger partial charge in [-0.2, -0.15) is 0 Å². The number of likely N-dealkylation sites (N-methyl/N-ethyl adjacent to an activating group) is 1. The van der Waals surface area contributed by atoms with Crippen molar-refractivity contribution in [3.63, 3.8) is 0 Å². The van der Waals surface area contributed by atoms with Gasteiger partial charge in [-0.1, -0.05) is 13.8 Å². The monoisotopic (exact) mass is 376 g/mol. The second-order valence-corrected chi connectivity index (χ2v) is 6.22.